The predicted octanol–water partition coefficient (Wildman–Crippen LogP) is 3.47. The van der Waals surface area contributed by atoms with Gasteiger partial charge in [0.05, 0.1) is 0 Å². The highest BCUT2D eigenvalue weighted by atomic mass is 32.2. The Morgan fingerprint density at radius 3 is 2.24 bits per heavy atom. The first kappa shape index (κ1) is 27.2. The van der Waals surface area contributed by atoms with E-state index in [4.69, 9.17) is 0 Å². The summed E-state index contributed by atoms with van der Waals surface area (Å²) in [4.78, 5) is 39.8. The third-order valence-electron chi connectivity index (χ3n) is 4.86. The van der Waals surface area contributed by atoms with E-state index in [0.29, 0.717) is 11.4 Å². The molecule has 0 fully saturated rings. The molecular formula is C25H32FN3O4S. The molecule has 0 aliphatic rings. The summed E-state index contributed by atoms with van der Waals surface area (Å²) in [6.07, 6.45) is 0. The quantitative estimate of drug-likeness (QED) is 0.594. The lowest BCUT2D eigenvalue weighted by Gasteiger charge is -2.32. The number of anilines is 2. The molecule has 2 rings (SSSR count). The molecule has 0 bridgehead atoms. The number of halogens is 1. The lowest BCUT2D eigenvalue weighted by molar-refractivity contribution is -0.126. The number of carbonyl (C=O) groups is 3. The van der Waals surface area contributed by atoms with Crippen LogP contribution in [0.3, 0.4) is 0 Å². The molecule has 0 aromatic heterocycles. The van der Waals surface area contributed by atoms with E-state index >= 15 is 0 Å². The van der Waals surface area contributed by atoms with Crippen LogP contribution in [0.5, 0.6) is 0 Å². The molecule has 2 aromatic rings. The second-order valence-corrected chi connectivity index (χ2v) is 10.7. The van der Waals surface area contributed by atoms with Crippen molar-refractivity contribution in [3.8, 4) is 0 Å². The number of hydrogen-bond donors (Lipinski definition) is 2. The number of nitrogens with one attached hydrogen (secondary N) is 2. The van der Waals surface area contributed by atoms with Crippen LogP contribution in [-0.4, -0.2) is 45.0 Å². The zero-order valence-corrected chi connectivity index (χ0v) is 21.2. The Labute approximate surface area is 202 Å². The number of aryl methyl sites for hydroxylation is 2. The van der Waals surface area contributed by atoms with Crippen LogP contribution in [0, 0.1) is 19.7 Å². The van der Waals surface area contributed by atoms with Crippen molar-refractivity contribution in [1.82, 2.24) is 5.32 Å². The van der Waals surface area contributed by atoms with E-state index < -0.39 is 51.5 Å². The second-order valence-electron chi connectivity index (χ2n) is 9.25. The molecule has 184 valence electrons. The molecule has 0 aliphatic heterocycles. The number of nitrogens with zero attached hydrogens (tertiary/aromatic N) is 1. The summed E-state index contributed by atoms with van der Waals surface area (Å²) in [6.45, 7) is 10.9. The highest BCUT2D eigenvalue weighted by Crippen LogP contribution is 2.25. The normalized spacial score (nSPS) is 13.0. The number of benzene rings is 2. The second kappa shape index (κ2) is 11.4. The van der Waals surface area contributed by atoms with Crippen LogP contribution in [0.2, 0.25) is 0 Å². The van der Waals surface area contributed by atoms with Gasteiger partial charge in [0.1, 0.15) is 23.4 Å². The zero-order chi connectivity index (χ0) is 25.6. The molecule has 2 N–H and O–H groups in total. The number of carbonyl (C=O) groups excluding carboxylic acids is 3. The average Bonchev–Trinajstić information content (AvgIpc) is 2.70. The van der Waals surface area contributed by atoms with Gasteiger partial charge >= 0.3 is 0 Å². The number of rotatable bonds is 8. The Balaban J connectivity index is 2.19. The average molecular weight is 490 g/mol. The summed E-state index contributed by atoms with van der Waals surface area (Å²) in [5, 5.41) is 5.41. The van der Waals surface area contributed by atoms with Gasteiger partial charge in [-0.25, -0.2) is 4.39 Å². The maximum Gasteiger partial charge on any atom is 0.243 e. The standard InChI is InChI=1S/C25H32FN3O4S/c1-16-7-8-17(2)21(13-16)29(18(3)24(32)28-25(4,5)6)23(31)15-34(33)14-22(30)27-20-11-9-19(26)10-12-20/h7-13,18H,14-15H2,1-6H3,(H,27,30)(H,28,32)/t18-,34-/m1/s1. The van der Waals surface area contributed by atoms with Crippen LogP contribution in [0.15, 0.2) is 42.5 Å². The Morgan fingerprint density at radius 1 is 1.03 bits per heavy atom. The smallest absolute Gasteiger partial charge is 0.243 e. The van der Waals surface area contributed by atoms with E-state index in [0.717, 1.165) is 11.1 Å². The highest BCUT2D eigenvalue weighted by Gasteiger charge is 2.31. The molecule has 3 amide bonds. The lowest BCUT2D eigenvalue weighted by Crippen LogP contribution is -2.54. The van der Waals surface area contributed by atoms with Crippen molar-refractivity contribution in [3.05, 3.63) is 59.4 Å². The van der Waals surface area contributed by atoms with Crippen LogP contribution >= 0.6 is 0 Å². The van der Waals surface area contributed by atoms with Crippen LogP contribution in [0.4, 0.5) is 15.8 Å². The van der Waals surface area contributed by atoms with Gasteiger partial charge in [0.15, 0.2) is 0 Å². The maximum atomic E-state index is 13.3. The summed E-state index contributed by atoms with van der Waals surface area (Å²) in [5.74, 6) is -2.72. The van der Waals surface area contributed by atoms with Gasteiger partial charge in [-0.2, -0.15) is 0 Å². The van der Waals surface area contributed by atoms with Crippen molar-refractivity contribution < 1.29 is 23.0 Å². The molecule has 34 heavy (non-hydrogen) atoms. The summed E-state index contributed by atoms with van der Waals surface area (Å²) < 4.78 is 25.7. The van der Waals surface area contributed by atoms with Crippen LogP contribution in [0.25, 0.3) is 0 Å². The summed E-state index contributed by atoms with van der Waals surface area (Å²) in [7, 11) is -1.82. The van der Waals surface area contributed by atoms with E-state index in [9.17, 15) is 23.0 Å². The molecule has 0 radical (unpaired) electrons. The largest absolute Gasteiger partial charge is 0.350 e. The Bertz CT molecular complexity index is 1080. The Morgan fingerprint density at radius 2 is 1.65 bits per heavy atom. The van der Waals surface area contributed by atoms with E-state index in [2.05, 4.69) is 10.6 Å². The van der Waals surface area contributed by atoms with Crippen molar-refractivity contribution in [2.24, 2.45) is 0 Å². The van der Waals surface area contributed by atoms with Gasteiger partial charge in [0, 0.05) is 27.7 Å². The van der Waals surface area contributed by atoms with E-state index in [1.807, 2.05) is 46.8 Å². The molecule has 2 atom stereocenters. The first-order chi connectivity index (χ1) is 15.8. The Kier molecular flexibility index (Phi) is 9.09. The minimum absolute atomic E-state index is 0.346. The fraction of sp³-hybridized carbons (Fsp3) is 0.400. The fourth-order valence-corrected chi connectivity index (χ4v) is 4.15. The molecule has 0 saturated heterocycles. The van der Waals surface area contributed by atoms with Crippen molar-refractivity contribution in [2.75, 3.05) is 21.7 Å². The van der Waals surface area contributed by atoms with Crippen LogP contribution < -0.4 is 15.5 Å². The van der Waals surface area contributed by atoms with Gasteiger partial charge in [0.25, 0.3) is 0 Å². The van der Waals surface area contributed by atoms with Crippen LogP contribution in [-0.2, 0) is 25.2 Å². The molecule has 0 saturated carbocycles. The van der Waals surface area contributed by atoms with Gasteiger partial charge in [-0.05, 0) is 83.0 Å². The van der Waals surface area contributed by atoms with E-state index in [-0.39, 0.29) is 5.91 Å². The number of amides is 3. The summed E-state index contributed by atoms with van der Waals surface area (Å²) >= 11 is 0. The third-order valence-corrected chi connectivity index (χ3v) is 6.02. The predicted molar refractivity (Wildman–Crippen MR) is 134 cm³/mol. The minimum Gasteiger partial charge on any atom is -0.350 e. The van der Waals surface area contributed by atoms with Gasteiger partial charge in [-0.15, -0.1) is 0 Å². The Hall–Kier alpha value is -3.07. The zero-order valence-electron chi connectivity index (χ0n) is 20.4. The van der Waals surface area contributed by atoms with E-state index in [1.54, 1.807) is 13.0 Å². The maximum absolute atomic E-state index is 13.3. The first-order valence-electron chi connectivity index (χ1n) is 10.9. The first-order valence-corrected chi connectivity index (χ1v) is 12.4. The highest BCUT2D eigenvalue weighted by molar-refractivity contribution is 7.86. The summed E-state index contributed by atoms with van der Waals surface area (Å²) in [6, 6.07) is 9.87. The van der Waals surface area contributed by atoms with Gasteiger partial charge in [-0.3, -0.25) is 23.5 Å². The molecule has 0 unspecified atom stereocenters. The SMILES string of the molecule is Cc1ccc(C)c(N(C(=O)C[S@](=O)CC(=O)Nc2ccc(F)cc2)[C@H](C)C(=O)NC(C)(C)C)c1. The molecule has 0 heterocycles. The molecule has 9 heteroatoms. The van der Waals surface area contributed by atoms with E-state index in [1.165, 1.54) is 29.2 Å². The number of hydrogen-bond acceptors (Lipinski definition) is 4. The monoisotopic (exact) mass is 489 g/mol. The topological polar surface area (TPSA) is 95.6 Å². The van der Waals surface area contributed by atoms with Gasteiger partial charge < -0.3 is 10.6 Å². The van der Waals surface area contributed by atoms with Crippen molar-refractivity contribution in [2.45, 2.75) is 53.1 Å². The fourth-order valence-electron chi connectivity index (χ4n) is 3.26. The van der Waals surface area contributed by atoms with Crippen molar-refractivity contribution in [1.29, 1.82) is 0 Å². The molecule has 2 aromatic carbocycles. The summed E-state index contributed by atoms with van der Waals surface area (Å²) in [5.41, 5.74) is 2.10. The van der Waals surface area contributed by atoms with Crippen molar-refractivity contribution >= 4 is 39.9 Å². The van der Waals surface area contributed by atoms with Gasteiger partial charge in [-0.1, -0.05) is 12.1 Å². The van der Waals surface area contributed by atoms with Crippen LogP contribution in [0.1, 0.15) is 38.8 Å². The minimum atomic E-state index is -1.82. The third kappa shape index (κ3) is 8.06. The molecular weight excluding hydrogens is 457 g/mol. The van der Waals surface area contributed by atoms with Gasteiger partial charge in [0.2, 0.25) is 17.7 Å². The molecule has 0 aliphatic carbocycles. The lowest BCUT2D eigenvalue weighted by atomic mass is 10.1. The molecule has 7 nitrogen and oxygen atoms in total. The van der Waals surface area contributed by atoms with Crippen molar-refractivity contribution in [3.63, 3.8) is 0 Å². The molecule has 0 spiro atoms.